The van der Waals surface area contributed by atoms with Crippen LogP contribution in [0.5, 0.6) is 17.2 Å². The topological polar surface area (TPSA) is 177 Å². The molecule has 0 saturated carbocycles. The Hall–Kier alpha value is -4.22. The Kier molecular flexibility index (Phi) is 5.50. The van der Waals surface area contributed by atoms with E-state index in [4.69, 9.17) is 4.74 Å². The van der Waals surface area contributed by atoms with Crippen molar-refractivity contribution in [1.82, 2.24) is 5.43 Å². The number of ether oxygens (including phenoxy) is 1. The number of carbonyl (C=O) groups is 1. The molecule has 2 rings (SSSR count). The van der Waals surface area contributed by atoms with Gasteiger partial charge in [0.05, 0.1) is 28.7 Å². The van der Waals surface area contributed by atoms with Gasteiger partial charge in [-0.1, -0.05) is 0 Å². The summed E-state index contributed by atoms with van der Waals surface area (Å²) in [4.78, 5) is 32.1. The van der Waals surface area contributed by atoms with E-state index in [9.17, 15) is 35.2 Å². The van der Waals surface area contributed by atoms with Crippen molar-refractivity contribution < 1.29 is 29.6 Å². The second-order valence-corrected chi connectivity index (χ2v) is 5.01. The Morgan fingerprint density at radius 1 is 1.19 bits per heavy atom. The number of nitro groups is 2. The van der Waals surface area contributed by atoms with Gasteiger partial charge in [0.25, 0.3) is 11.6 Å². The van der Waals surface area contributed by atoms with E-state index in [2.05, 4.69) is 5.10 Å². The highest BCUT2D eigenvalue weighted by atomic mass is 16.6. The van der Waals surface area contributed by atoms with Gasteiger partial charge in [-0.2, -0.15) is 5.10 Å². The highest BCUT2D eigenvalue weighted by molar-refractivity contribution is 5.98. The standard InChI is InChI=1S/C15H12N4O8/c1-27-13-5-8(4-11(14(13)21)19(25)26)7-16-17-15(22)10-6-9(18(23)24)2-3-12(10)20/h2-7,20-21H,1H3,(H,17,22)/b16-7+. The minimum Gasteiger partial charge on any atom is -0.507 e. The fourth-order valence-corrected chi connectivity index (χ4v) is 2.03. The number of rotatable bonds is 6. The van der Waals surface area contributed by atoms with E-state index in [0.717, 1.165) is 30.5 Å². The number of hydrogen-bond donors (Lipinski definition) is 3. The summed E-state index contributed by atoms with van der Waals surface area (Å²) in [5, 5.41) is 44.6. The SMILES string of the molecule is COc1cc(/C=N/NC(=O)c2cc([N+](=O)[O-])ccc2O)cc([N+](=O)[O-])c1O. The molecule has 0 heterocycles. The average Bonchev–Trinajstić information content (AvgIpc) is 2.62. The Balaban J connectivity index is 2.24. The third-order valence-electron chi connectivity index (χ3n) is 3.31. The highest BCUT2D eigenvalue weighted by Gasteiger charge is 2.19. The molecule has 27 heavy (non-hydrogen) atoms. The summed E-state index contributed by atoms with van der Waals surface area (Å²) in [6.45, 7) is 0. The zero-order valence-electron chi connectivity index (χ0n) is 13.6. The molecule has 0 aliphatic rings. The summed E-state index contributed by atoms with van der Waals surface area (Å²) in [5.74, 6) is -2.26. The summed E-state index contributed by atoms with van der Waals surface area (Å²) < 4.78 is 4.82. The van der Waals surface area contributed by atoms with E-state index in [0.29, 0.717) is 0 Å². The number of amides is 1. The fourth-order valence-electron chi connectivity index (χ4n) is 2.03. The van der Waals surface area contributed by atoms with Crippen LogP contribution in [-0.4, -0.2) is 39.3 Å². The first-order valence-electron chi connectivity index (χ1n) is 7.10. The minimum absolute atomic E-state index is 0.125. The van der Waals surface area contributed by atoms with Crippen LogP contribution >= 0.6 is 0 Å². The second kappa shape index (κ2) is 7.77. The number of nitro benzene ring substituents is 2. The quantitative estimate of drug-likeness (QED) is 0.387. The van der Waals surface area contributed by atoms with Gasteiger partial charge in [0.1, 0.15) is 5.75 Å². The normalized spacial score (nSPS) is 10.6. The van der Waals surface area contributed by atoms with Crippen LogP contribution in [0.15, 0.2) is 35.4 Å². The van der Waals surface area contributed by atoms with Gasteiger partial charge in [0.15, 0.2) is 5.75 Å². The van der Waals surface area contributed by atoms with Crippen molar-refractivity contribution in [2.24, 2.45) is 5.10 Å². The maximum Gasteiger partial charge on any atom is 0.315 e. The monoisotopic (exact) mass is 376 g/mol. The van der Waals surface area contributed by atoms with Crippen LogP contribution < -0.4 is 10.2 Å². The third-order valence-corrected chi connectivity index (χ3v) is 3.31. The molecule has 0 aliphatic carbocycles. The number of phenolic OH excluding ortho intramolecular Hbond substituents is 2. The Morgan fingerprint density at radius 3 is 2.48 bits per heavy atom. The minimum atomic E-state index is -0.937. The van der Waals surface area contributed by atoms with Gasteiger partial charge in [0.2, 0.25) is 5.75 Å². The number of carbonyl (C=O) groups excluding carboxylic acids is 1. The van der Waals surface area contributed by atoms with E-state index in [-0.39, 0.29) is 16.9 Å². The number of phenols is 2. The van der Waals surface area contributed by atoms with Gasteiger partial charge in [0, 0.05) is 23.8 Å². The molecular formula is C15H12N4O8. The summed E-state index contributed by atoms with van der Waals surface area (Å²) in [6, 6.07) is 5.12. The molecule has 140 valence electrons. The van der Waals surface area contributed by atoms with Gasteiger partial charge in [-0.15, -0.1) is 0 Å². The first-order chi connectivity index (χ1) is 12.7. The maximum absolute atomic E-state index is 12.0. The van der Waals surface area contributed by atoms with Gasteiger partial charge >= 0.3 is 5.69 Å². The molecule has 12 heteroatoms. The summed E-state index contributed by atoms with van der Waals surface area (Å²) >= 11 is 0. The molecule has 0 aromatic heterocycles. The molecule has 0 saturated heterocycles. The largest absolute Gasteiger partial charge is 0.507 e. The number of nitrogens with zero attached hydrogens (tertiary/aromatic N) is 3. The predicted molar refractivity (Wildman–Crippen MR) is 91.1 cm³/mol. The molecule has 0 atom stereocenters. The second-order valence-electron chi connectivity index (χ2n) is 5.01. The lowest BCUT2D eigenvalue weighted by molar-refractivity contribution is -0.386. The number of methoxy groups -OCH3 is 1. The van der Waals surface area contributed by atoms with Crippen LogP contribution in [0.1, 0.15) is 15.9 Å². The number of benzene rings is 2. The Morgan fingerprint density at radius 2 is 1.89 bits per heavy atom. The molecular weight excluding hydrogens is 364 g/mol. The van der Waals surface area contributed by atoms with Crippen LogP contribution in [0.4, 0.5) is 11.4 Å². The van der Waals surface area contributed by atoms with Crippen molar-refractivity contribution in [3.8, 4) is 17.2 Å². The van der Waals surface area contributed by atoms with Crippen LogP contribution in [0, 0.1) is 20.2 Å². The number of hydrazone groups is 1. The molecule has 2 aromatic carbocycles. The summed E-state index contributed by atoms with van der Waals surface area (Å²) in [6.07, 6.45) is 1.03. The molecule has 0 bridgehead atoms. The maximum atomic E-state index is 12.0. The zero-order chi connectivity index (χ0) is 20.1. The fraction of sp³-hybridized carbons (Fsp3) is 0.0667. The van der Waals surface area contributed by atoms with Crippen molar-refractivity contribution >= 4 is 23.5 Å². The molecule has 1 amide bonds. The average molecular weight is 376 g/mol. The molecule has 0 spiro atoms. The van der Waals surface area contributed by atoms with Gasteiger partial charge < -0.3 is 14.9 Å². The van der Waals surface area contributed by atoms with Crippen molar-refractivity contribution in [2.75, 3.05) is 7.11 Å². The van der Waals surface area contributed by atoms with Crippen molar-refractivity contribution in [2.45, 2.75) is 0 Å². The van der Waals surface area contributed by atoms with Crippen LogP contribution in [0.25, 0.3) is 0 Å². The lowest BCUT2D eigenvalue weighted by atomic mass is 10.1. The summed E-state index contributed by atoms with van der Waals surface area (Å²) in [5.41, 5.74) is 0.747. The molecule has 3 N–H and O–H groups in total. The van der Waals surface area contributed by atoms with Gasteiger partial charge in [-0.3, -0.25) is 25.0 Å². The Bertz CT molecular complexity index is 957. The third kappa shape index (κ3) is 4.25. The zero-order valence-corrected chi connectivity index (χ0v) is 13.6. The van der Waals surface area contributed by atoms with Crippen LogP contribution in [0.2, 0.25) is 0 Å². The molecule has 2 aromatic rings. The Labute approximate surface area is 150 Å². The molecule has 0 unspecified atom stereocenters. The number of hydrogen-bond acceptors (Lipinski definition) is 9. The predicted octanol–water partition coefficient (Wildman–Crippen LogP) is 1.69. The lowest BCUT2D eigenvalue weighted by Crippen LogP contribution is -2.18. The lowest BCUT2D eigenvalue weighted by Gasteiger charge is -2.05. The van der Waals surface area contributed by atoms with Crippen molar-refractivity contribution in [3.63, 3.8) is 0 Å². The van der Waals surface area contributed by atoms with E-state index in [1.54, 1.807) is 0 Å². The molecule has 0 aliphatic heterocycles. The van der Waals surface area contributed by atoms with Gasteiger partial charge in [-0.25, -0.2) is 5.43 Å². The molecule has 12 nitrogen and oxygen atoms in total. The van der Waals surface area contributed by atoms with Gasteiger partial charge in [-0.05, 0) is 12.1 Å². The van der Waals surface area contributed by atoms with Crippen molar-refractivity contribution in [1.29, 1.82) is 0 Å². The van der Waals surface area contributed by atoms with E-state index < -0.39 is 38.6 Å². The molecule has 0 fully saturated rings. The smallest absolute Gasteiger partial charge is 0.315 e. The first-order valence-corrected chi connectivity index (χ1v) is 7.10. The van der Waals surface area contributed by atoms with E-state index in [1.807, 2.05) is 5.43 Å². The number of non-ortho nitro benzene ring substituents is 1. The van der Waals surface area contributed by atoms with Crippen LogP contribution in [0.3, 0.4) is 0 Å². The highest BCUT2D eigenvalue weighted by Crippen LogP contribution is 2.36. The van der Waals surface area contributed by atoms with E-state index in [1.165, 1.54) is 13.2 Å². The van der Waals surface area contributed by atoms with Crippen molar-refractivity contribution in [3.05, 3.63) is 61.7 Å². The summed E-state index contributed by atoms with van der Waals surface area (Å²) in [7, 11) is 1.20. The first kappa shape index (κ1) is 19.1. The number of aromatic hydroxyl groups is 2. The van der Waals surface area contributed by atoms with Crippen LogP contribution in [-0.2, 0) is 0 Å². The van der Waals surface area contributed by atoms with E-state index >= 15 is 0 Å². The molecule has 0 radical (unpaired) electrons. The number of nitrogens with one attached hydrogen (secondary N) is 1.